The molecular weight excluding hydrogens is 573 g/mol. The molecule has 0 bridgehead atoms. The number of ether oxygens (including phenoxy) is 1. The lowest BCUT2D eigenvalue weighted by atomic mass is 9.77. The van der Waals surface area contributed by atoms with Gasteiger partial charge < -0.3 is 9.64 Å². The topological polar surface area (TPSA) is 151 Å². The third-order valence-electron chi connectivity index (χ3n) is 7.57. The van der Waals surface area contributed by atoms with Gasteiger partial charge in [0.1, 0.15) is 23.3 Å². The van der Waals surface area contributed by atoms with E-state index in [0.717, 1.165) is 17.3 Å². The van der Waals surface area contributed by atoms with Gasteiger partial charge in [0.2, 0.25) is 0 Å². The number of fused-ring (bicyclic) bond motifs is 1. The number of nitrogens with zero attached hydrogens (tertiary/aromatic N) is 5. The molecule has 2 aliphatic rings. The van der Waals surface area contributed by atoms with Gasteiger partial charge in [-0.05, 0) is 44.0 Å². The summed E-state index contributed by atoms with van der Waals surface area (Å²) in [4.78, 5) is 10.7. The van der Waals surface area contributed by atoms with Crippen molar-refractivity contribution in [1.29, 1.82) is 5.26 Å². The zero-order valence-electron chi connectivity index (χ0n) is 21.5. The van der Waals surface area contributed by atoms with E-state index in [-0.39, 0.29) is 16.9 Å². The van der Waals surface area contributed by atoms with Gasteiger partial charge in [0.15, 0.2) is 16.1 Å². The van der Waals surface area contributed by atoms with Crippen LogP contribution < -0.4 is 15.4 Å². The molecule has 0 aliphatic carbocycles. The van der Waals surface area contributed by atoms with Crippen LogP contribution in [0.3, 0.4) is 0 Å². The number of aromatic nitrogens is 4. The number of pyridine rings is 2. The van der Waals surface area contributed by atoms with Crippen LogP contribution in [0.5, 0.6) is 5.75 Å². The van der Waals surface area contributed by atoms with Crippen molar-refractivity contribution in [2.75, 3.05) is 29.5 Å². The number of benzene rings is 1. The van der Waals surface area contributed by atoms with Crippen molar-refractivity contribution in [2.45, 2.75) is 26.0 Å². The van der Waals surface area contributed by atoms with Gasteiger partial charge in [-0.25, -0.2) is 13.4 Å². The van der Waals surface area contributed by atoms with E-state index in [1.54, 1.807) is 31.3 Å². The molecule has 10 nitrogen and oxygen atoms in total. The summed E-state index contributed by atoms with van der Waals surface area (Å²) in [6.45, 7) is 2.91. The van der Waals surface area contributed by atoms with Crippen molar-refractivity contribution >= 4 is 49.8 Å². The first kappa shape index (κ1) is 26.8. The monoisotopic (exact) mass is 597 g/mol. The molecule has 40 heavy (non-hydrogen) atoms. The summed E-state index contributed by atoms with van der Waals surface area (Å²) in [7, 11) is -3.02. The largest absolute Gasteiger partial charge is 0.471 e. The minimum atomic E-state index is -3.02. The zero-order valence-corrected chi connectivity index (χ0v) is 23.8. The van der Waals surface area contributed by atoms with Gasteiger partial charge in [-0.3, -0.25) is 15.8 Å². The van der Waals surface area contributed by atoms with Crippen LogP contribution in [0.4, 0.5) is 5.82 Å². The highest BCUT2D eigenvalue weighted by Crippen LogP contribution is 2.43. The number of anilines is 1. The second kappa shape index (κ2) is 9.89. The molecule has 2 fully saturated rings. The summed E-state index contributed by atoms with van der Waals surface area (Å²) in [6, 6.07) is 9.37. The highest BCUT2D eigenvalue weighted by Gasteiger charge is 2.48. The molecule has 1 spiro atoms. The molecule has 1 atom stereocenters. The summed E-state index contributed by atoms with van der Waals surface area (Å²) in [6.07, 6.45) is 3.78. The summed E-state index contributed by atoms with van der Waals surface area (Å²) in [5, 5.41) is 18.8. The third kappa shape index (κ3) is 4.75. The second-order valence-corrected chi connectivity index (χ2v) is 13.5. The summed E-state index contributed by atoms with van der Waals surface area (Å²) in [5.41, 5.74) is 9.50. The van der Waals surface area contributed by atoms with E-state index in [1.807, 2.05) is 11.0 Å². The highest BCUT2D eigenvalue weighted by molar-refractivity contribution is 7.91. The van der Waals surface area contributed by atoms with Gasteiger partial charge in [-0.2, -0.15) is 10.4 Å². The summed E-state index contributed by atoms with van der Waals surface area (Å²) < 4.78 is 30.4. The minimum Gasteiger partial charge on any atom is -0.471 e. The van der Waals surface area contributed by atoms with E-state index in [9.17, 15) is 13.7 Å². The van der Waals surface area contributed by atoms with E-state index in [4.69, 9.17) is 33.7 Å². The number of aryl methyl sites for hydroxylation is 1. The smallest absolute Gasteiger partial charge is 0.177 e. The molecule has 0 unspecified atom stereocenters. The SMILES string of the molecule is Cc1ncc(Cl)c([C@@H](N)Oc2ccc3[nH]nc(-c4cnc(N5CC6(CCCS(=O)(=O)C6)C5)c(C#N)c4)c3c2)c1Cl. The highest BCUT2D eigenvalue weighted by atomic mass is 35.5. The predicted molar refractivity (Wildman–Crippen MR) is 153 cm³/mol. The van der Waals surface area contributed by atoms with Crippen molar-refractivity contribution in [2.24, 2.45) is 11.1 Å². The Morgan fingerprint density at radius 2 is 2.02 bits per heavy atom. The number of nitrogens with two attached hydrogens (primary N) is 1. The first-order valence-corrected chi connectivity index (χ1v) is 15.2. The van der Waals surface area contributed by atoms with Crippen molar-refractivity contribution in [3.8, 4) is 23.1 Å². The fraction of sp³-hybridized carbons (Fsp3) is 0.333. The average Bonchev–Trinajstić information content (AvgIpc) is 3.32. The van der Waals surface area contributed by atoms with Crippen LogP contribution in [0.25, 0.3) is 22.2 Å². The Hall–Kier alpha value is -3.43. The van der Waals surface area contributed by atoms with Gasteiger partial charge in [0, 0.05) is 47.4 Å². The Morgan fingerprint density at radius 1 is 1.23 bits per heavy atom. The van der Waals surface area contributed by atoms with Crippen LogP contribution in [0.1, 0.15) is 35.9 Å². The maximum Gasteiger partial charge on any atom is 0.177 e. The van der Waals surface area contributed by atoms with Crippen molar-refractivity contribution in [1.82, 2.24) is 20.2 Å². The molecule has 0 saturated carbocycles. The van der Waals surface area contributed by atoms with Crippen LogP contribution in [-0.2, 0) is 9.84 Å². The predicted octanol–water partition coefficient (Wildman–Crippen LogP) is 4.56. The Balaban J connectivity index is 1.26. The van der Waals surface area contributed by atoms with Crippen molar-refractivity contribution < 1.29 is 13.2 Å². The fourth-order valence-corrected chi connectivity index (χ4v) is 8.24. The molecule has 2 saturated heterocycles. The number of aromatic amines is 1. The lowest BCUT2D eigenvalue weighted by Crippen LogP contribution is -2.61. The van der Waals surface area contributed by atoms with Gasteiger partial charge >= 0.3 is 0 Å². The Bertz CT molecular complexity index is 1800. The summed E-state index contributed by atoms with van der Waals surface area (Å²) in [5.74, 6) is 1.48. The molecule has 206 valence electrons. The van der Waals surface area contributed by atoms with Gasteiger partial charge in [0.25, 0.3) is 0 Å². The van der Waals surface area contributed by atoms with E-state index in [0.29, 0.717) is 69.2 Å². The molecule has 0 amide bonds. The number of H-pyrrole nitrogens is 1. The molecule has 13 heteroatoms. The zero-order chi connectivity index (χ0) is 28.2. The number of sulfone groups is 1. The van der Waals surface area contributed by atoms with E-state index >= 15 is 0 Å². The number of halogens is 2. The van der Waals surface area contributed by atoms with E-state index < -0.39 is 16.1 Å². The summed E-state index contributed by atoms with van der Waals surface area (Å²) >= 11 is 12.7. The number of rotatable bonds is 5. The molecular formula is C27H25Cl2N7O3S. The van der Waals surface area contributed by atoms with Gasteiger partial charge in [-0.1, -0.05) is 23.2 Å². The molecule has 5 heterocycles. The fourth-order valence-electron chi connectivity index (χ4n) is 5.69. The van der Waals surface area contributed by atoms with E-state index in [2.05, 4.69) is 26.2 Å². The number of nitriles is 1. The van der Waals surface area contributed by atoms with E-state index in [1.165, 1.54) is 6.20 Å². The number of nitrogens with one attached hydrogen (secondary N) is 1. The number of hydrogen-bond donors (Lipinski definition) is 2. The maximum atomic E-state index is 12.2. The quantitative estimate of drug-likeness (QED) is 0.315. The van der Waals surface area contributed by atoms with Crippen molar-refractivity contribution in [3.63, 3.8) is 0 Å². The van der Waals surface area contributed by atoms with Gasteiger partial charge in [0.05, 0.1) is 38.3 Å². The lowest BCUT2D eigenvalue weighted by Gasteiger charge is -2.52. The minimum absolute atomic E-state index is 0.197. The molecule has 3 aromatic heterocycles. The molecule has 2 aliphatic heterocycles. The third-order valence-corrected chi connectivity index (χ3v) is 10.3. The Labute approximate surface area is 241 Å². The molecule has 6 rings (SSSR count). The van der Waals surface area contributed by atoms with Crippen LogP contribution in [0.2, 0.25) is 10.0 Å². The van der Waals surface area contributed by atoms with Crippen molar-refractivity contribution in [3.05, 3.63) is 63.5 Å². The molecule has 0 radical (unpaired) electrons. The number of hydrogen-bond acceptors (Lipinski definition) is 9. The Kier molecular flexibility index (Phi) is 6.62. The van der Waals surface area contributed by atoms with Crippen LogP contribution in [0, 0.1) is 23.7 Å². The Morgan fingerprint density at radius 3 is 2.77 bits per heavy atom. The average molecular weight is 599 g/mol. The normalized spacial score (nSPS) is 18.3. The second-order valence-electron chi connectivity index (χ2n) is 10.5. The first-order valence-electron chi connectivity index (χ1n) is 12.6. The standard InChI is InChI=1S/C27H25Cl2N7O3S/c1-15-23(29)22(20(28)11-32-15)25(31)39-18-3-4-21-19(8-18)24(35-34-21)17-7-16(9-30)26(33-10-17)36-12-27(13-36)5-2-6-40(37,38)14-27/h3-4,7-8,10-11,25H,2,5-6,12-14,31H2,1H3,(H,34,35)/t25-/m0/s1. The molecule has 4 aromatic rings. The molecule has 3 N–H and O–H groups in total. The van der Waals surface area contributed by atoms with Crippen LogP contribution in [-0.4, -0.2) is 53.2 Å². The van der Waals surface area contributed by atoms with Gasteiger partial charge in [-0.15, -0.1) is 0 Å². The lowest BCUT2D eigenvalue weighted by molar-refractivity contribution is 0.214. The van der Waals surface area contributed by atoms with Crippen LogP contribution in [0.15, 0.2) is 36.7 Å². The first-order chi connectivity index (χ1) is 19.1. The van der Waals surface area contributed by atoms with Crippen LogP contribution >= 0.6 is 23.2 Å². The molecule has 1 aromatic carbocycles. The maximum absolute atomic E-state index is 12.2.